The number of rotatable bonds is 4. The lowest BCUT2D eigenvalue weighted by molar-refractivity contribution is 0.207. The van der Waals surface area contributed by atoms with E-state index >= 15 is 0 Å². The van der Waals surface area contributed by atoms with Crippen molar-refractivity contribution in [3.05, 3.63) is 36.2 Å². The van der Waals surface area contributed by atoms with Gasteiger partial charge in [-0.3, -0.25) is 0 Å². The summed E-state index contributed by atoms with van der Waals surface area (Å²) >= 11 is 1.26. The summed E-state index contributed by atoms with van der Waals surface area (Å²) in [5.41, 5.74) is 0.952. The zero-order valence-corrected chi connectivity index (χ0v) is 14.0. The molecule has 1 N–H and O–H groups in total. The van der Waals surface area contributed by atoms with Crippen LogP contribution in [0.15, 0.2) is 35.5 Å². The van der Waals surface area contributed by atoms with Gasteiger partial charge in [-0.05, 0) is 25.0 Å². The van der Waals surface area contributed by atoms with E-state index in [4.69, 9.17) is 0 Å². The van der Waals surface area contributed by atoms with E-state index in [2.05, 4.69) is 10.1 Å². The molecule has 2 heterocycles. The molecule has 0 unspecified atom stereocenters. The molecule has 8 heteroatoms. The molecule has 1 aliphatic carbocycles. The highest BCUT2D eigenvalue weighted by molar-refractivity contribution is 8.01. The number of aliphatic hydroxyl groups excluding tert-OH is 1. The Hall–Kier alpha value is -1.38. The molecule has 2 atom stereocenters. The summed E-state index contributed by atoms with van der Waals surface area (Å²) in [7, 11) is -3.16. The van der Waals surface area contributed by atoms with Gasteiger partial charge in [-0.25, -0.2) is 18.1 Å². The Morgan fingerprint density at radius 2 is 1.91 bits per heavy atom. The third-order valence-electron chi connectivity index (χ3n) is 4.08. The van der Waals surface area contributed by atoms with Crippen LogP contribution < -0.4 is 0 Å². The summed E-state index contributed by atoms with van der Waals surface area (Å²) in [5, 5.41) is 14.6. The van der Waals surface area contributed by atoms with Crippen molar-refractivity contribution in [2.45, 2.75) is 35.3 Å². The highest BCUT2D eigenvalue weighted by atomic mass is 32.2. The largest absolute Gasteiger partial charge is 0.391 e. The first-order valence-electron chi connectivity index (χ1n) is 7.59. The first kappa shape index (κ1) is 15.2. The molecule has 1 aromatic heterocycles. The van der Waals surface area contributed by atoms with Gasteiger partial charge in [0.2, 0.25) is 5.16 Å². The molecule has 1 aromatic carbocycles. The van der Waals surface area contributed by atoms with Crippen molar-refractivity contribution in [2.75, 3.05) is 11.5 Å². The van der Waals surface area contributed by atoms with E-state index in [1.165, 1.54) is 11.8 Å². The van der Waals surface area contributed by atoms with Gasteiger partial charge in [0.15, 0.2) is 9.84 Å². The van der Waals surface area contributed by atoms with Crippen LogP contribution in [0, 0.1) is 0 Å². The lowest BCUT2D eigenvalue weighted by Gasteiger charge is -2.08. The predicted molar refractivity (Wildman–Crippen MR) is 87.6 cm³/mol. The van der Waals surface area contributed by atoms with Gasteiger partial charge in [0.1, 0.15) is 5.82 Å². The Kier molecular flexibility index (Phi) is 3.70. The minimum atomic E-state index is -3.16. The monoisotopic (exact) mass is 351 g/mol. The quantitative estimate of drug-likeness (QED) is 0.896. The van der Waals surface area contributed by atoms with Gasteiger partial charge in [-0.1, -0.05) is 30.0 Å². The summed E-state index contributed by atoms with van der Waals surface area (Å²) in [4.78, 5) is 4.60. The SMILES string of the molecule is O=S1(=O)C[C@H](O)[C@H](Sc2nc(C3CC3)n(-c3ccccc3)n2)C1. The van der Waals surface area contributed by atoms with Gasteiger partial charge in [0, 0.05) is 5.92 Å². The van der Waals surface area contributed by atoms with Crippen molar-refractivity contribution < 1.29 is 13.5 Å². The van der Waals surface area contributed by atoms with E-state index in [0.717, 1.165) is 24.4 Å². The second-order valence-electron chi connectivity index (χ2n) is 6.07. The van der Waals surface area contributed by atoms with Crippen molar-refractivity contribution in [3.8, 4) is 5.69 Å². The van der Waals surface area contributed by atoms with Crippen LogP contribution in [0.5, 0.6) is 0 Å². The van der Waals surface area contributed by atoms with Gasteiger partial charge < -0.3 is 5.11 Å². The predicted octanol–water partition coefficient (Wildman–Crippen LogP) is 1.39. The van der Waals surface area contributed by atoms with Crippen LogP contribution >= 0.6 is 11.8 Å². The van der Waals surface area contributed by atoms with Gasteiger partial charge in [-0.15, -0.1) is 5.10 Å². The molecule has 2 aliphatic rings. The molecule has 23 heavy (non-hydrogen) atoms. The number of nitrogens with zero attached hydrogens (tertiary/aromatic N) is 3. The van der Waals surface area contributed by atoms with E-state index in [1.807, 2.05) is 35.0 Å². The van der Waals surface area contributed by atoms with Gasteiger partial charge >= 0.3 is 0 Å². The van der Waals surface area contributed by atoms with E-state index in [1.54, 1.807) is 0 Å². The van der Waals surface area contributed by atoms with Crippen LogP contribution in [0.4, 0.5) is 0 Å². The topological polar surface area (TPSA) is 85.1 Å². The third-order valence-corrected chi connectivity index (χ3v) is 7.18. The molecule has 0 spiro atoms. The zero-order valence-electron chi connectivity index (χ0n) is 12.4. The van der Waals surface area contributed by atoms with Crippen molar-refractivity contribution in [1.82, 2.24) is 14.8 Å². The van der Waals surface area contributed by atoms with E-state index in [0.29, 0.717) is 11.1 Å². The Morgan fingerprint density at radius 3 is 2.52 bits per heavy atom. The molecule has 1 aliphatic heterocycles. The standard InChI is InChI=1S/C15H17N3O3S2/c19-12-8-23(20,21)9-13(12)22-15-16-14(10-6-7-10)18(17-15)11-4-2-1-3-5-11/h1-5,10,12-13,19H,6-9H2/t12-,13+/m0/s1. The second-order valence-corrected chi connectivity index (χ2v) is 9.43. The minimum Gasteiger partial charge on any atom is -0.391 e. The van der Waals surface area contributed by atoms with E-state index in [9.17, 15) is 13.5 Å². The van der Waals surface area contributed by atoms with Crippen molar-refractivity contribution in [3.63, 3.8) is 0 Å². The van der Waals surface area contributed by atoms with Crippen LogP contribution in [0.2, 0.25) is 0 Å². The summed E-state index contributed by atoms with van der Waals surface area (Å²) in [6.07, 6.45) is 1.37. The Labute approximate surface area is 138 Å². The maximum Gasteiger partial charge on any atom is 0.209 e. The summed E-state index contributed by atoms with van der Waals surface area (Å²) in [6, 6.07) is 9.81. The van der Waals surface area contributed by atoms with Gasteiger partial charge in [0.25, 0.3) is 0 Å². The number of hydrogen-bond donors (Lipinski definition) is 1. The third kappa shape index (κ3) is 3.15. The molecule has 2 aromatic rings. The minimum absolute atomic E-state index is 0.0164. The molecule has 122 valence electrons. The fourth-order valence-electron chi connectivity index (χ4n) is 2.76. The Balaban J connectivity index is 1.63. The average Bonchev–Trinajstić information content (AvgIpc) is 3.21. The van der Waals surface area contributed by atoms with E-state index < -0.39 is 21.2 Å². The molecule has 4 rings (SSSR count). The zero-order chi connectivity index (χ0) is 16.0. The molecule has 0 radical (unpaired) electrons. The second kappa shape index (κ2) is 5.61. The number of para-hydroxylation sites is 1. The lowest BCUT2D eigenvalue weighted by Crippen LogP contribution is -2.20. The molecule has 6 nitrogen and oxygen atoms in total. The maximum atomic E-state index is 11.6. The maximum absolute atomic E-state index is 11.6. The van der Waals surface area contributed by atoms with Gasteiger partial charge in [-0.2, -0.15) is 0 Å². The first-order chi connectivity index (χ1) is 11.0. The number of aliphatic hydroxyl groups is 1. The van der Waals surface area contributed by atoms with Crippen LogP contribution in [-0.4, -0.2) is 51.1 Å². The summed E-state index contributed by atoms with van der Waals surface area (Å²) < 4.78 is 25.1. The molecule has 0 bridgehead atoms. The Morgan fingerprint density at radius 1 is 1.17 bits per heavy atom. The molecule has 1 saturated carbocycles. The van der Waals surface area contributed by atoms with Gasteiger partial charge in [0.05, 0.1) is 28.5 Å². The number of aromatic nitrogens is 3. The number of hydrogen-bond acceptors (Lipinski definition) is 6. The fraction of sp³-hybridized carbons (Fsp3) is 0.467. The molecule has 0 amide bonds. The Bertz CT molecular complexity index is 816. The highest BCUT2D eigenvalue weighted by Gasteiger charge is 2.38. The first-order valence-corrected chi connectivity index (χ1v) is 10.3. The van der Waals surface area contributed by atoms with E-state index in [-0.39, 0.29) is 11.5 Å². The fourth-order valence-corrected chi connectivity index (χ4v) is 6.19. The summed E-state index contributed by atoms with van der Waals surface area (Å²) in [5.74, 6) is 1.17. The molecule has 1 saturated heterocycles. The number of benzene rings is 1. The summed E-state index contributed by atoms with van der Waals surface area (Å²) in [6.45, 7) is 0. The number of sulfone groups is 1. The van der Waals surface area contributed by atoms with Crippen LogP contribution in [0.1, 0.15) is 24.6 Å². The van der Waals surface area contributed by atoms with Crippen molar-refractivity contribution in [1.29, 1.82) is 0 Å². The molecule has 2 fully saturated rings. The molecular weight excluding hydrogens is 334 g/mol. The van der Waals surface area contributed by atoms with Crippen LogP contribution in [-0.2, 0) is 9.84 Å². The average molecular weight is 351 g/mol. The normalized spacial score (nSPS) is 26.5. The molecular formula is C15H17N3O3S2. The number of thioether (sulfide) groups is 1. The highest BCUT2D eigenvalue weighted by Crippen LogP contribution is 2.41. The van der Waals surface area contributed by atoms with Crippen LogP contribution in [0.25, 0.3) is 5.69 Å². The van der Waals surface area contributed by atoms with Crippen LogP contribution in [0.3, 0.4) is 0 Å². The van der Waals surface area contributed by atoms with Crippen molar-refractivity contribution in [2.24, 2.45) is 0 Å². The smallest absolute Gasteiger partial charge is 0.209 e. The van der Waals surface area contributed by atoms with Crippen molar-refractivity contribution >= 4 is 21.6 Å². The lowest BCUT2D eigenvalue weighted by atomic mass is 10.3.